The van der Waals surface area contributed by atoms with Crippen LogP contribution >= 0.6 is 0 Å². The zero-order valence-corrected chi connectivity index (χ0v) is 12.4. The van der Waals surface area contributed by atoms with Gasteiger partial charge in [-0.3, -0.25) is 0 Å². The average Bonchev–Trinajstić information content (AvgIpc) is 2.45. The molecule has 0 amide bonds. The zero-order chi connectivity index (χ0) is 14.6. The van der Waals surface area contributed by atoms with Crippen LogP contribution in [0.3, 0.4) is 0 Å². The van der Waals surface area contributed by atoms with E-state index in [0.717, 1.165) is 5.75 Å². The van der Waals surface area contributed by atoms with Gasteiger partial charge in [-0.05, 0) is 34.2 Å². The second-order valence-corrected chi connectivity index (χ2v) is 5.92. The van der Waals surface area contributed by atoms with E-state index in [-0.39, 0.29) is 12.0 Å². The first kappa shape index (κ1) is 14.6. The Morgan fingerprint density at radius 1 is 0.850 bits per heavy atom. The van der Waals surface area contributed by atoms with E-state index in [2.05, 4.69) is 45.0 Å². The molecule has 0 spiro atoms. The van der Waals surface area contributed by atoms with Crippen molar-refractivity contribution >= 4 is 0 Å². The third-order valence-electron chi connectivity index (χ3n) is 3.30. The lowest BCUT2D eigenvalue weighted by Gasteiger charge is -2.19. The van der Waals surface area contributed by atoms with Crippen LogP contribution in [0.1, 0.15) is 26.3 Å². The molecule has 0 aliphatic heterocycles. The topological polar surface area (TPSA) is 29.5 Å². The van der Waals surface area contributed by atoms with Gasteiger partial charge in [0.25, 0.3) is 0 Å². The van der Waals surface area contributed by atoms with Crippen molar-refractivity contribution in [3.63, 3.8) is 0 Å². The van der Waals surface area contributed by atoms with Crippen LogP contribution < -0.4 is 4.74 Å². The SMILES string of the molecule is CC(C)(C)c1ccc(-c2ccc(OCCO)cc2)cc1. The van der Waals surface area contributed by atoms with Crippen molar-refractivity contribution in [3.05, 3.63) is 54.1 Å². The van der Waals surface area contributed by atoms with Gasteiger partial charge in [0, 0.05) is 0 Å². The Kier molecular flexibility index (Phi) is 4.46. The molecule has 0 aliphatic carbocycles. The molecule has 0 heterocycles. The van der Waals surface area contributed by atoms with Crippen LogP contribution in [0.15, 0.2) is 48.5 Å². The summed E-state index contributed by atoms with van der Waals surface area (Å²) in [5.41, 5.74) is 3.89. The van der Waals surface area contributed by atoms with Crippen LogP contribution in [0.25, 0.3) is 11.1 Å². The third-order valence-corrected chi connectivity index (χ3v) is 3.30. The molecule has 2 nitrogen and oxygen atoms in total. The van der Waals surface area contributed by atoms with Gasteiger partial charge in [0.05, 0.1) is 6.61 Å². The predicted octanol–water partition coefficient (Wildman–Crippen LogP) is 4.02. The molecule has 0 saturated carbocycles. The number of aliphatic hydroxyl groups is 1. The standard InChI is InChI=1S/C18H22O2/c1-18(2,3)16-8-4-14(5-9-16)15-6-10-17(11-7-15)20-13-12-19/h4-11,19H,12-13H2,1-3H3. The Hall–Kier alpha value is -1.80. The summed E-state index contributed by atoms with van der Waals surface area (Å²) >= 11 is 0. The molecular weight excluding hydrogens is 248 g/mol. The number of aliphatic hydroxyl groups excluding tert-OH is 1. The molecule has 2 aromatic rings. The van der Waals surface area contributed by atoms with Gasteiger partial charge in [-0.2, -0.15) is 0 Å². The maximum Gasteiger partial charge on any atom is 0.119 e. The van der Waals surface area contributed by atoms with Crippen molar-refractivity contribution < 1.29 is 9.84 Å². The number of ether oxygens (including phenoxy) is 1. The fourth-order valence-corrected chi connectivity index (χ4v) is 2.07. The van der Waals surface area contributed by atoms with Crippen molar-refractivity contribution in [1.29, 1.82) is 0 Å². The summed E-state index contributed by atoms with van der Waals surface area (Å²) in [6.07, 6.45) is 0. The van der Waals surface area contributed by atoms with Gasteiger partial charge in [0.2, 0.25) is 0 Å². The molecule has 0 radical (unpaired) electrons. The maximum atomic E-state index is 8.73. The Morgan fingerprint density at radius 2 is 1.35 bits per heavy atom. The monoisotopic (exact) mass is 270 g/mol. The molecule has 2 aromatic carbocycles. The van der Waals surface area contributed by atoms with Crippen LogP contribution in [0.5, 0.6) is 5.75 Å². The fourth-order valence-electron chi connectivity index (χ4n) is 2.07. The smallest absolute Gasteiger partial charge is 0.119 e. The Balaban J connectivity index is 2.15. The Morgan fingerprint density at radius 3 is 1.80 bits per heavy atom. The maximum absolute atomic E-state index is 8.73. The predicted molar refractivity (Wildman–Crippen MR) is 83.2 cm³/mol. The van der Waals surface area contributed by atoms with Gasteiger partial charge in [-0.25, -0.2) is 0 Å². The highest BCUT2D eigenvalue weighted by Crippen LogP contribution is 2.27. The molecule has 2 rings (SSSR count). The lowest BCUT2D eigenvalue weighted by Crippen LogP contribution is -2.10. The number of hydrogen-bond acceptors (Lipinski definition) is 2. The summed E-state index contributed by atoms with van der Waals surface area (Å²) < 4.78 is 5.36. The van der Waals surface area contributed by atoms with Crippen molar-refractivity contribution in [2.75, 3.05) is 13.2 Å². The zero-order valence-electron chi connectivity index (χ0n) is 12.4. The normalized spacial score (nSPS) is 11.4. The van der Waals surface area contributed by atoms with E-state index in [0.29, 0.717) is 6.61 Å². The highest BCUT2D eigenvalue weighted by Gasteiger charge is 2.12. The van der Waals surface area contributed by atoms with E-state index in [4.69, 9.17) is 9.84 Å². The van der Waals surface area contributed by atoms with Crippen molar-refractivity contribution in [2.24, 2.45) is 0 Å². The quantitative estimate of drug-likeness (QED) is 0.909. The second kappa shape index (κ2) is 6.10. The summed E-state index contributed by atoms with van der Waals surface area (Å²) in [6, 6.07) is 16.6. The minimum atomic E-state index is 0.0377. The average molecular weight is 270 g/mol. The lowest BCUT2D eigenvalue weighted by molar-refractivity contribution is 0.201. The third kappa shape index (κ3) is 3.61. The Bertz CT molecular complexity index is 533. The molecule has 20 heavy (non-hydrogen) atoms. The molecule has 0 aromatic heterocycles. The van der Waals surface area contributed by atoms with Crippen LogP contribution in [0, 0.1) is 0 Å². The van der Waals surface area contributed by atoms with Gasteiger partial charge >= 0.3 is 0 Å². The molecule has 0 bridgehead atoms. The van der Waals surface area contributed by atoms with Gasteiger partial charge in [0.1, 0.15) is 12.4 Å². The lowest BCUT2D eigenvalue weighted by atomic mass is 9.86. The molecule has 0 unspecified atom stereocenters. The molecule has 0 atom stereocenters. The first-order valence-electron chi connectivity index (χ1n) is 6.95. The first-order valence-corrected chi connectivity index (χ1v) is 6.95. The Labute approximate surface area is 121 Å². The van der Waals surface area contributed by atoms with Crippen molar-refractivity contribution in [2.45, 2.75) is 26.2 Å². The molecule has 0 saturated heterocycles. The van der Waals surface area contributed by atoms with E-state index in [1.165, 1.54) is 16.7 Å². The van der Waals surface area contributed by atoms with Crippen molar-refractivity contribution in [1.82, 2.24) is 0 Å². The molecule has 2 heteroatoms. The summed E-state index contributed by atoms with van der Waals surface area (Å²) in [5, 5.41) is 8.73. The van der Waals surface area contributed by atoms with Gasteiger partial charge in [-0.15, -0.1) is 0 Å². The number of hydrogen-bond donors (Lipinski definition) is 1. The minimum absolute atomic E-state index is 0.0377. The van der Waals surface area contributed by atoms with Gasteiger partial charge in [0.15, 0.2) is 0 Å². The summed E-state index contributed by atoms with van der Waals surface area (Å²) in [4.78, 5) is 0. The molecule has 1 N–H and O–H groups in total. The van der Waals surface area contributed by atoms with Gasteiger partial charge < -0.3 is 9.84 Å². The molecule has 0 aliphatic rings. The van der Waals surface area contributed by atoms with E-state index >= 15 is 0 Å². The minimum Gasteiger partial charge on any atom is -0.491 e. The largest absolute Gasteiger partial charge is 0.491 e. The molecular formula is C18H22O2. The number of rotatable bonds is 4. The van der Waals surface area contributed by atoms with Crippen LogP contribution in [0.4, 0.5) is 0 Å². The summed E-state index contributed by atoms with van der Waals surface area (Å²) in [6.45, 7) is 7.02. The van der Waals surface area contributed by atoms with E-state index in [9.17, 15) is 0 Å². The fraction of sp³-hybridized carbons (Fsp3) is 0.333. The number of benzene rings is 2. The van der Waals surface area contributed by atoms with Crippen LogP contribution in [-0.4, -0.2) is 18.3 Å². The highest BCUT2D eigenvalue weighted by molar-refractivity contribution is 5.64. The summed E-state index contributed by atoms with van der Waals surface area (Å²) in [5.74, 6) is 0.786. The molecule has 106 valence electrons. The van der Waals surface area contributed by atoms with E-state index in [1.54, 1.807) is 0 Å². The first-order chi connectivity index (χ1) is 9.50. The summed E-state index contributed by atoms with van der Waals surface area (Å²) in [7, 11) is 0. The van der Waals surface area contributed by atoms with E-state index in [1.807, 2.05) is 24.3 Å². The highest BCUT2D eigenvalue weighted by atomic mass is 16.5. The van der Waals surface area contributed by atoms with Gasteiger partial charge in [-0.1, -0.05) is 57.2 Å². The molecule has 0 fully saturated rings. The van der Waals surface area contributed by atoms with Crippen LogP contribution in [0.2, 0.25) is 0 Å². The second-order valence-electron chi connectivity index (χ2n) is 5.92. The van der Waals surface area contributed by atoms with Crippen LogP contribution in [-0.2, 0) is 5.41 Å². The van der Waals surface area contributed by atoms with E-state index < -0.39 is 0 Å². The van der Waals surface area contributed by atoms with Crippen molar-refractivity contribution in [3.8, 4) is 16.9 Å².